The Labute approximate surface area is 151 Å². The Balaban J connectivity index is 2.15. The molecule has 2 aromatic rings. The highest BCUT2D eigenvalue weighted by molar-refractivity contribution is 7.91. The molecule has 1 N–H and O–H groups in total. The summed E-state index contributed by atoms with van der Waals surface area (Å²) < 4.78 is 82.9. The van der Waals surface area contributed by atoms with Gasteiger partial charge in [0.25, 0.3) is 5.92 Å². The van der Waals surface area contributed by atoms with E-state index < -0.39 is 44.5 Å². The van der Waals surface area contributed by atoms with Crippen molar-refractivity contribution in [1.82, 2.24) is 0 Å². The molecule has 1 aliphatic rings. The second-order valence-corrected chi connectivity index (χ2v) is 7.73. The fourth-order valence-electron chi connectivity index (χ4n) is 2.84. The molecule has 0 aromatic heterocycles. The largest absolute Gasteiger partial charge is 0.457 e. The van der Waals surface area contributed by atoms with Gasteiger partial charge in [-0.1, -0.05) is 6.07 Å². The van der Waals surface area contributed by atoms with Crippen molar-refractivity contribution in [1.29, 1.82) is 5.26 Å². The summed E-state index contributed by atoms with van der Waals surface area (Å²) in [6, 6.07) is 9.25. The number of sulfone groups is 1. The molecule has 2 aromatic carbocycles. The Morgan fingerprint density at radius 1 is 1.26 bits per heavy atom. The van der Waals surface area contributed by atoms with Gasteiger partial charge in [0.1, 0.15) is 17.6 Å². The number of rotatable bonds is 4. The summed E-state index contributed by atoms with van der Waals surface area (Å²) in [6.07, 6.45) is -3.64. The van der Waals surface area contributed by atoms with Gasteiger partial charge in [0.15, 0.2) is 0 Å². The molecule has 1 atom stereocenters. The molecule has 27 heavy (non-hydrogen) atoms. The van der Waals surface area contributed by atoms with Crippen molar-refractivity contribution in [2.75, 3.05) is 0 Å². The minimum absolute atomic E-state index is 0.102. The average Bonchev–Trinajstić information content (AvgIpc) is 2.85. The molecular formula is C17H11F4NO4S. The molecular weight excluding hydrogens is 390 g/mol. The highest BCUT2D eigenvalue weighted by Crippen LogP contribution is 2.50. The van der Waals surface area contributed by atoms with Crippen LogP contribution in [0.5, 0.6) is 11.5 Å². The lowest BCUT2D eigenvalue weighted by Crippen LogP contribution is -2.23. The zero-order valence-corrected chi connectivity index (χ0v) is 14.2. The van der Waals surface area contributed by atoms with Crippen LogP contribution in [-0.4, -0.2) is 25.2 Å². The van der Waals surface area contributed by atoms with Crippen molar-refractivity contribution in [2.45, 2.75) is 29.1 Å². The van der Waals surface area contributed by atoms with E-state index in [0.717, 1.165) is 6.07 Å². The maximum atomic E-state index is 14.0. The van der Waals surface area contributed by atoms with Crippen LogP contribution in [0.1, 0.15) is 22.8 Å². The van der Waals surface area contributed by atoms with E-state index in [-0.39, 0.29) is 22.6 Å². The van der Waals surface area contributed by atoms with Crippen LogP contribution in [0.4, 0.5) is 17.6 Å². The van der Waals surface area contributed by atoms with Crippen molar-refractivity contribution in [2.24, 2.45) is 0 Å². The average molecular weight is 401 g/mol. The Morgan fingerprint density at radius 2 is 1.96 bits per heavy atom. The van der Waals surface area contributed by atoms with Gasteiger partial charge in [0.05, 0.1) is 16.5 Å². The normalized spacial score (nSPS) is 18.2. The number of benzene rings is 2. The number of ether oxygens (including phenoxy) is 1. The number of hydrogen-bond acceptors (Lipinski definition) is 5. The first-order valence-corrected chi connectivity index (χ1v) is 9.04. The first-order valence-electron chi connectivity index (χ1n) is 7.49. The molecule has 0 spiro atoms. The van der Waals surface area contributed by atoms with E-state index in [2.05, 4.69) is 0 Å². The van der Waals surface area contributed by atoms with Gasteiger partial charge in [-0.05, 0) is 30.3 Å². The van der Waals surface area contributed by atoms with Crippen LogP contribution in [0.25, 0.3) is 0 Å². The number of nitriles is 1. The standard InChI is InChI=1S/C17H11F4NO4S/c18-16(19)27(24,25)13-5-4-12(11-7-17(20,21)15(23)14(11)13)26-10-3-1-2-9(6-10)8-22/h1-6,15-16,23H,7H2. The van der Waals surface area contributed by atoms with E-state index in [1.54, 1.807) is 0 Å². The van der Waals surface area contributed by atoms with E-state index in [1.807, 2.05) is 6.07 Å². The van der Waals surface area contributed by atoms with Gasteiger partial charge in [0.2, 0.25) is 9.84 Å². The number of aliphatic hydroxyl groups is 1. The number of hydrogen-bond donors (Lipinski definition) is 1. The summed E-state index contributed by atoms with van der Waals surface area (Å²) in [5.74, 6) is -7.69. The number of nitrogens with zero attached hydrogens (tertiary/aromatic N) is 1. The molecule has 0 amide bonds. The lowest BCUT2D eigenvalue weighted by Gasteiger charge is -2.16. The Hall–Kier alpha value is -2.64. The second-order valence-electron chi connectivity index (χ2n) is 5.84. The van der Waals surface area contributed by atoms with Gasteiger partial charge in [-0.2, -0.15) is 14.0 Å². The first kappa shape index (κ1) is 19.1. The topological polar surface area (TPSA) is 87.4 Å². The van der Waals surface area contributed by atoms with Crippen molar-refractivity contribution < 1.29 is 35.8 Å². The van der Waals surface area contributed by atoms with Gasteiger partial charge in [0, 0.05) is 17.5 Å². The van der Waals surface area contributed by atoms with Crippen molar-refractivity contribution in [3.8, 4) is 17.6 Å². The third kappa shape index (κ3) is 3.24. The summed E-state index contributed by atoms with van der Waals surface area (Å²) >= 11 is 0. The lowest BCUT2D eigenvalue weighted by atomic mass is 10.1. The smallest absolute Gasteiger partial charge is 0.341 e. The molecule has 1 unspecified atom stereocenters. The predicted molar refractivity (Wildman–Crippen MR) is 84.5 cm³/mol. The summed E-state index contributed by atoms with van der Waals surface area (Å²) in [4.78, 5) is -1.06. The van der Waals surface area contributed by atoms with E-state index >= 15 is 0 Å². The van der Waals surface area contributed by atoms with Crippen molar-refractivity contribution in [3.63, 3.8) is 0 Å². The van der Waals surface area contributed by atoms with Crippen LogP contribution in [-0.2, 0) is 16.3 Å². The predicted octanol–water partition coefficient (Wildman–Crippen LogP) is 3.57. The highest BCUT2D eigenvalue weighted by atomic mass is 32.2. The van der Waals surface area contributed by atoms with Crippen LogP contribution in [0.3, 0.4) is 0 Å². The van der Waals surface area contributed by atoms with Crippen molar-refractivity contribution >= 4 is 9.84 Å². The minimum atomic E-state index is -5.21. The fourth-order valence-corrected chi connectivity index (χ4v) is 3.84. The van der Waals surface area contributed by atoms with Crippen LogP contribution >= 0.6 is 0 Å². The quantitative estimate of drug-likeness (QED) is 0.792. The molecule has 0 saturated carbocycles. The third-order valence-corrected chi connectivity index (χ3v) is 5.53. The fraction of sp³-hybridized carbons (Fsp3) is 0.235. The van der Waals surface area contributed by atoms with E-state index in [4.69, 9.17) is 10.00 Å². The summed E-state index contributed by atoms with van der Waals surface area (Å²) in [5, 5.41) is 18.7. The number of alkyl halides is 4. The zero-order valence-electron chi connectivity index (χ0n) is 13.4. The van der Waals surface area contributed by atoms with Gasteiger partial charge < -0.3 is 9.84 Å². The molecule has 0 fully saturated rings. The number of halogens is 4. The van der Waals surface area contributed by atoms with Gasteiger partial charge in [-0.3, -0.25) is 0 Å². The monoisotopic (exact) mass is 401 g/mol. The molecule has 0 saturated heterocycles. The number of aliphatic hydroxyl groups excluding tert-OH is 1. The third-order valence-electron chi connectivity index (χ3n) is 4.09. The first-order chi connectivity index (χ1) is 12.6. The molecule has 1 aliphatic carbocycles. The van der Waals surface area contributed by atoms with Crippen molar-refractivity contribution in [3.05, 3.63) is 53.1 Å². The minimum Gasteiger partial charge on any atom is -0.457 e. The van der Waals surface area contributed by atoms with Crippen LogP contribution in [0.15, 0.2) is 41.3 Å². The van der Waals surface area contributed by atoms with Gasteiger partial charge in [-0.25, -0.2) is 17.2 Å². The Kier molecular flexibility index (Phi) is 4.61. The van der Waals surface area contributed by atoms with E-state index in [1.165, 1.54) is 24.3 Å². The Morgan fingerprint density at radius 3 is 2.59 bits per heavy atom. The summed E-state index contributed by atoms with van der Waals surface area (Å²) in [6.45, 7) is 0. The lowest BCUT2D eigenvalue weighted by molar-refractivity contribution is -0.0976. The molecule has 5 nitrogen and oxygen atoms in total. The molecule has 3 rings (SSSR count). The zero-order chi connectivity index (χ0) is 20.0. The van der Waals surface area contributed by atoms with Crippen LogP contribution < -0.4 is 4.74 Å². The molecule has 0 bridgehead atoms. The maximum Gasteiger partial charge on any atom is 0.341 e. The van der Waals surface area contributed by atoms with E-state index in [9.17, 15) is 31.1 Å². The maximum absolute atomic E-state index is 14.0. The highest BCUT2D eigenvalue weighted by Gasteiger charge is 2.51. The van der Waals surface area contributed by atoms with E-state index in [0.29, 0.717) is 6.07 Å². The molecule has 0 radical (unpaired) electrons. The SMILES string of the molecule is N#Cc1cccc(Oc2ccc(S(=O)(=O)C(F)F)c3c2CC(F)(F)C3O)c1. The summed E-state index contributed by atoms with van der Waals surface area (Å²) in [7, 11) is -5.21. The van der Waals surface area contributed by atoms with Gasteiger partial charge >= 0.3 is 5.76 Å². The number of fused-ring (bicyclic) bond motifs is 1. The molecule has 142 valence electrons. The van der Waals surface area contributed by atoms with Gasteiger partial charge in [-0.15, -0.1) is 0 Å². The Bertz CT molecular complexity index is 1050. The summed E-state index contributed by atoms with van der Waals surface area (Å²) in [5.41, 5.74) is -0.947. The second kappa shape index (κ2) is 6.51. The van der Waals surface area contributed by atoms with Crippen LogP contribution in [0.2, 0.25) is 0 Å². The molecule has 10 heteroatoms. The van der Waals surface area contributed by atoms with Crippen LogP contribution in [0, 0.1) is 11.3 Å². The molecule has 0 aliphatic heterocycles. The molecule has 0 heterocycles.